The lowest BCUT2D eigenvalue weighted by molar-refractivity contribution is -0.120. The molecule has 7 nitrogen and oxygen atoms in total. The fourth-order valence-corrected chi connectivity index (χ4v) is 5.82. The maximum Gasteiger partial charge on any atom is 0.245 e. The Labute approximate surface area is 175 Å². The monoisotopic (exact) mass is 480 g/mol. The summed E-state index contributed by atoms with van der Waals surface area (Å²) in [5.41, 5.74) is 1.63. The quantitative estimate of drug-likeness (QED) is 0.616. The fourth-order valence-electron chi connectivity index (χ4n) is 3.28. The van der Waals surface area contributed by atoms with E-state index in [0.717, 1.165) is 16.2 Å². The van der Waals surface area contributed by atoms with Crippen LogP contribution in [0.25, 0.3) is 11.0 Å². The third kappa shape index (κ3) is 3.82. The first kappa shape index (κ1) is 19.4. The van der Waals surface area contributed by atoms with Gasteiger partial charge in [0.25, 0.3) is 0 Å². The highest BCUT2D eigenvalue weighted by Gasteiger charge is 2.34. The molecule has 0 spiro atoms. The molecule has 1 amide bonds. The van der Waals surface area contributed by atoms with E-state index < -0.39 is 15.9 Å². The Bertz CT molecular complexity index is 1120. The SMILES string of the molecule is O=C(Nc1ccc(Br)cc1)C1CCCN(S(=O)(=O)c2cccc3nsnc23)C1. The van der Waals surface area contributed by atoms with E-state index in [-0.39, 0.29) is 17.3 Å². The maximum absolute atomic E-state index is 13.2. The lowest BCUT2D eigenvalue weighted by atomic mass is 9.99. The number of nitrogens with one attached hydrogen (secondary N) is 1. The van der Waals surface area contributed by atoms with Gasteiger partial charge in [0, 0.05) is 23.2 Å². The zero-order valence-electron chi connectivity index (χ0n) is 14.7. The van der Waals surface area contributed by atoms with Crippen LogP contribution in [-0.2, 0) is 14.8 Å². The van der Waals surface area contributed by atoms with Gasteiger partial charge in [-0.3, -0.25) is 4.79 Å². The highest BCUT2D eigenvalue weighted by molar-refractivity contribution is 9.10. The minimum absolute atomic E-state index is 0.146. The van der Waals surface area contributed by atoms with Crippen LogP contribution in [0.4, 0.5) is 5.69 Å². The van der Waals surface area contributed by atoms with E-state index in [1.54, 1.807) is 30.3 Å². The number of carbonyl (C=O) groups is 1. The van der Waals surface area contributed by atoms with Crippen molar-refractivity contribution in [3.63, 3.8) is 0 Å². The first-order chi connectivity index (χ1) is 13.4. The van der Waals surface area contributed by atoms with Crippen LogP contribution < -0.4 is 5.32 Å². The molecule has 0 bridgehead atoms. The smallest absolute Gasteiger partial charge is 0.245 e. The van der Waals surface area contributed by atoms with Gasteiger partial charge in [-0.05, 0) is 49.2 Å². The average molecular weight is 481 g/mol. The van der Waals surface area contributed by atoms with E-state index in [4.69, 9.17) is 0 Å². The Balaban J connectivity index is 1.53. The van der Waals surface area contributed by atoms with Crippen molar-refractivity contribution in [3.8, 4) is 0 Å². The fraction of sp³-hybridized carbons (Fsp3) is 0.278. The molecule has 28 heavy (non-hydrogen) atoms. The summed E-state index contributed by atoms with van der Waals surface area (Å²) in [6, 6.07) is 12.2. The standard InChI is InChI=1S/C18H17BrN4O3S2/c19-13-6-8-14(9-7-13)20-18(24)12-3-2-10-23(11-12)28(25,26)16-5-1-4-15-17(16)22-27-21-15/h1,4-9,12H,2-3,10-11H2,(H,20,24). The van der Waals surface area contributed by atoms with Gasteiger partial charge in [0.05, 0.1) is 17.6 Å². The Kier molecular flexibility index (Phi) is 5.46. The second-order valence-corrected chi connectivity index (χ2v) is 9.94. The van der Waals surface area contributed by atoms with Crippen molar-refractivity contribution in [1.82, 2.24) is 13.1 Å². The number of hydrogen-bond acceptors (Lipinski definition) is 6. The van der Waals surface area contributed by atoms with Crippen molar-refractivity contribution < 1.29 is 13.2 Å². The van der Waals surface area contributed by atoms with Gasteiger partial charge in [-0.15, -0.1) is 0 Å². The number of sulfonamides is 1. The van der Waals surface area contributed by atoms with Crippen molar-refractivity contribution in [2.24, 2.45) is 5.92 Å². The van der Waals surface area contributed by atoms with Crippen LogP contribution in [0.15, 0.2) is 51.8 Å². The second-order valence-electron chi connectivity index (χ2n) is 6.59. The molecule has 4 rings (SSSR count). The van der Waals surface area contributed by atoms with Crippen LogP contribution >= 0.6 is 27.7 Å². The molecule has 1 aliphatic heterocycles. The minimum Gasteiger partial charge on any atom is -0.326 e. The van der Waals surface area contributed by atoms with Crippen LogP contribution in [0, 0.1) is 5.92 Å². The molecular formula is C18H17BrN4O3S2. The molecule has 1 fully saturated rings. The predicted octanol–water partition coefficient (Wildman–Crippen LogP) is 3.49. The second kappa shape index (κ2) is 7.86. The molecule has 146 valence electrons. The summed E-state index contributed by atoms with van der Waals surface area (Å²) in [5.74, 6) is -0.573. The van der Waals surface area contributed by atoms with Crippen molar-refractivity contribution in [1.29, 1.82) is 0 Å². The first-order valence-electron chi connectivity index (χ1n) is 8.73. The summed E-state index contributed by atoms with van der Waals surface area (Å²) in [6.45, 7) is 0.539. The summed E-state index contributed by atoms with van der Waals surface area (Å²) in [5, 5.41) is 2.87. The van der Waals surface area contributed by atoms with Crippen LogP contribution in [-0.4, -0.2) is 40.5 Å². The lowest BCUT2D eigenvalue weighted by Gasteiger charge is -2.31. The van der Waals surface area contributed by atoms with Gasteiger partial charge in [0.2, 0.25) is 15.9 Å². The van der Waals surface area contributed by atoms with E-state index in [9.17, 15) is 13.2 Å². The molecular weight excluding hydrogens is 464 g/mol. The molecule has 0 radical (unpaired) electrons. The molecule has 1 aromatic heterocycles. The molecule has 1 unspecified atom stereocenters. The number of fused-ring (bicyclic) bond motifs is 1. The topological polar surface area (TPSA) is 92.3 Å². The summed E-state index contributed by atoms with van der Waals surface area (Å²) < 4.78 is 36.9. The largest absolute Gasteiger partial charge is 0.326 e. The van der Waals surface area contributed by atoms with Crippen molar-refractivity contribution in [3.05, 3.63) is 46.9 Å². The molecule has 0 aliphatic carbocycles. The van der Waals surface area contributed by atoms with E-state index in [1.807, 2.05) is 12.1 Å². The van der Waals surface area contributed by atoms with Gasteiger partial charge in [-0.2, -0.15) is 13.1 Å². The van der Waals surface area contributed by atoms with Gasteiger partial charge in [0.15, 0.2) is 0 Å². The Morgan fingerprint density at radius 3 is 2.75 bits per heavy atom. The van der Waals surface area contributed by atoms with Crippen molar-refractivity contribution in [2.75, 3.05) is 18.4 Å². The number of benzene rings is 2. The third-order valence-electron chi connectivity index (χ3n) is 4.73. The zero-order chi connectivity index (χ0) is 19.7. The van der Waals surface area contributed by atoms with E-state index >= 15 is 0 Å². The highest BCUT2D eigenvalue weighted by Crippen LogP contribution is 2.28. The Morgan fingerprint density at radius 1 is 1.18 bits per heavy atom. The van der Waals surface area contributed by atoms with Gasteiger partial charge < -0.3 is 5.32 Å². The molecule has 10 heteroatoms. The third-order valence-corrected chi connectivity index (χ3v) is 7.70. The number of carbonyl (C=O) groups excluding carboxylic acids is 1. The predicted molar refractivity (Wildman–Crippen MR) is 112 cm³/mol. The normalized spacial score (nSPS) is 18.2. The Morgan fingerprint density at radius 2 is 1.96 bits per heavy atom. The molecule has 3 aromatic rings. The van der Waals surface area contributed by atoms with Crippen LogP contribution in [0.1, 0.15) is 12.8 Å². The first-order valence-corrected chi connectivity index (χ1v) is 11.7. The number of piperidine rings is 1. The summed E-state index contributed by atoms with van der Waals surface area (Å²) in [6.07, 6.45) is 1.28. The number of hydrogen-bond donors (Lipinski definition) is 1. The average Bonchev–Trinajstić information content (AvgIpc) is 3.18. The van der Waals surface area contributed by atoms with Crippen LogP contribution in [0.5, 0.6) is 0 Å². The summed E-state index contributed by atoms with van der Waals surface area (Å²) in [4.78, 5) is 12.8. The summed E-state index contributed by atoms with van der Waals surface area (Å²) in [7, 11) is -3.75. The summed E-state index contributed by atoms with van der Waals surface area (Å²) >= 11 is 4.35. The lowest BCUT2D eigenvalue weighted by Crippen LogP contribution is -2.43. The van der Waals surface area contributed by atoms with E-state index in [0.29, 0.717) is 36.1 Å². The molecule has 2 heterocycles. The van der Waals surface area contributed by atoms with Crippen LogP contribution in [0.3, 0.4) is 0 Å². The number of nitrogens with zero attached hydrogens (tertiary/aromatic N) is 3. The number of anilines is 1. The number of halogens is 1. The molecule has 0 saturated carbocycles. The van der Waals surface area contributed by atoms with E-state index in [2.05, 4.69) is 30.0 Å². The molecule has 2 aromatic carbocycles. The molecule has 1 atom stereocenters. The highest BCUT2D eigenvalue weighted by atomic mass is 79.9. The van der Waals surface area contributed by atoms with Crippen molar-refractivity contribution >= 4 is 60.3 Å². The maximum atomic E-state index is 13.2. The number of amides is 1. The minimum atomic E-state index is -3.75. The Hall–Kier alpha value is -1.88. The van der Waals surface area contributed by atoms with Crippen molar-refractivity contribution in [2.45, 2.75) is 17.7 Å². The van der Waals surface area contributed by atoms with E-state index in [1.165, 1.54) is 4.31 Å². The molecule has 1 N–H and O–H groups in total. The molecule has 1 saturated heterocycles. The van der Waals surface area contributed by atoms with Gasteiger partial charge >= 0.3 is 0 Å². The number of aromatic nitrogens is 2. The van der Waals surface area contributed by atoms with Crippen LogP contribution in [0.2, 0.25) is 0 Å². The number of rotatable bonds is 4. The molecule has 1 aliphatic rings. The van der Waals surface area contributed by atoms with Gasteiger partial charge in [0.1, 0.15) is 15.9 Å². The zero-order valence-corrected chi connectivity index (χ0v) is 17.9. The van der Waals surface area contributed by atoms with Gasteiger partial charge in [-0.1, -0.05) is 22.0 Å². The van der Waals surface area contributed by atoms with Gasteiger partial charge in [-0.25, -0.2) is 8.42 Å².